The quantitative estimate of drug-likeness (QED) is 0.264. The molecule has 0 aromatic carbocycles. The Morgan fingerprint density at radius 2 is 1.65 bits per heavy atom. The minimum atomic E-state index is -2.01. The average Bonchev–Trinajstić information content (AvgIpc) is 3.23. The third-order valence-corrected chi connectivity index (χ3v) is 10.7. The Morgan fingerprint density at radius 1 is 0.975 bits per heavy atom. The molecule has 1 unspecified atom stereocenters. The minimum Gasteiger partial charge on any atom is -0.479 e. The second-order valence-electron chi connectivity index (χ2n) is 12.7. The largest absolute Gasteiger partial charge is 0.479 e. The van der Waals surface area contributed by atoms with Gasteiger partial charge in [0, 0.05) is 31.1 Å². The van der Waals surface area contributed by atoms with E-state index in [1.807, 2.05) is 6.92 Å². The number of rotatable bonds is 6. The van der Waals surface area contributed by atoms with Crippen molar-refractivity contribution >= 4 is 23.5 Å². The van der Waals surface area contributed by atoms with Crippen LogP contribution < -0.4 is 0 Å². The molecule has 224 valence electrons. The third kappa shape index (κ3) is 4.69. The lowest BCUT2D eigenvalue weighted by Crippen LogP contribution is -2.64. The van der Waals surface area contributed by atoms with Gasteiger partial charge in [0.2, 0.25) is 0 Å². The Kier molecular flexibility index (Phi) is 7.88. The highest BCUT2D eigenvalue weighted by Gasteiger charge is 2.68. The number of ketones is 2. The van der Waals surface area contributed by atoms with Crippen molar-refractivity contribution in [2.24, 2.45) is 35.0 Å². The first kappa shape index (κ1) is 29.5. The second-order valence-corrected chi connectivity index (χ2v) is 12.7. The van der Waals surface area contributed by atoms with Gasteiger partial charge in [0.15, 0.2) is 29.6 Å². The fourth-order valence-electron chi connectivity index (χ4n) is 8.82. The number of hydrogen-bond donors (Lipinski definition) is 4. The van der Waals surface area contributed by atoms with Gasteiger partial charge >= 0.3 is 11.9 Å². The van der Waals surface area contributed by atoms with Gasteiger partial charge in [0.05, 0.1) is 6.10 Å². The maximum absolute atomic E-state index is 17.1. The molecule has 4 aliphatic carbocycles. The Balaban J connectivity index is 1.27. The van der Waals surface area contributed by atoms with E-state index in [0.717, 1.165) is 0 Å². The van der Waals surface area contributed by atoms with E-state index in [1.54, 1.807) is 0 Å². The maximum atomic E-state index is 17.1. The molecule has 0 spiro atoms. The van der Waals surface area contributed by atoms with Gasteiger partial charge in [-0.1, -0.05) is 6.92 Å². The number of aliphatic carboxylic acids is 1. The number of halogens is 1. The smallest absolute Gasteiger partial charge is 0.335 e. The molecule has 12 heteroatoms. The van der Waals surface area contributed by atoms with Crippen molar-refractivity contribution in [3.8, 4) is 0 Å². The van der Waals surface area contributed by atoms with E-state index in [1.165, 1.54) is 6.92 Å². The van der Waals surface area contributed by atoms with Crippen LogP contribution in [-0.2, 0) is 33.4 Å². The van der Waals surface area contributed by atoms with Crippen molar-refractivity contribution in [1.82, 2.24) is 0 Å². The molecule has 0 amide bonds. The summed E-state index contributed by atoms with van der Waals surface area (Å²) in [5.41, 5.74) is -2.69. The predicted octanol–water partition coefficient (Wildman–Crippen LogP) is 0.936. The number of carbonyl (C=O) groups excluding carboxylic acids is 3. The van der Waals surface area contributed by atoms with E-state index < -0.39 is 83.4 Å². The highest BCUT2D eigenvalue weighted by Crippen LogP contribution is 2.65. The molecule has 5 aliphatic rings. The number of carbonyl (C=O) groups is 4. The van der Waals surface area contributed by atoms with Gasteiger partial charge in [-0.2, -0.15) is 0 Å². The summed E-state index contributed by atoms with van der Waals surface area (Å²) < 4.78 is 33.1. The number of fused-ring (bicyclic) bond motifs is 5. The number of alkyl halides is 1. The molecular weight excluding hydrogens is 531 g/mol. The van der Waals surface area contributed by atoms with Crippen molar-refractivity contribution in [2.45, 2.75) is 108 Å². The minimum absolute atomic E-state index is 0.0385. The van der Waals surface area contributed by atoms with Gasteiger partial charge in [0.25, 0.3) is 0 Å². The molecule has 4 N–H and O–H groups in total. The molecule has 1 aliphatic heterocycles. The Hall–Kier alpha value is -1.99. The van der Waals surface area contributed by atoms with Gasteiger partial charge in [-0.15, -0.1) is 0 Å². The molecule has 1 heterocycles. The zero-order valence-corrected chi connectivity index (χ0v) is 22.7. The van der Waals surface area contributed by atoms with Crippen LogP contribution in [0, 0.1) is 35.0 Å². The standard InChI is InChI=1S/C28H39FO11/c1-12(30)38-11-19(31)18-8-7-16-17-5-3-13-9-14(4-6-15(13)28(17,29)20(32)10-27(16,18)2)39-26-23(35)21(33)22(34)24(40-26)25(36)37/h13-18,21-24,26,33-35H,3-11H2,1-2H3,(H,36,37)/t13-,14+,15-,16-,17-,18+,21-,22-,23+,24-,26?,27-,28-/m0/s1. The zero-order chi connectivity index (χ0) is 29.1. The summed E-state index contributed by atoms with van der Waals surface area (Å²) in [4.78, 5) is 49.2. The van der Waals surface area contributed by atoms with Crippen molar-refractivity contribution in [2.75, 3.05) is 6.61 Å². The van der Waals surface area contributed by atoms with E-state index in [9.17, 15) is 39.6 Å². The summed E-state index contributed by atoms with van der Waals surface area (Å²) >= 11 is 0. The molecule has 0 radical (unpaired) electrons. The Labute approximate surface area is 231 Å². The summed E-state index contributed by atoms with van der Waals surface area (Å²) in [5, 5.41) is 39.6. The van der Waals surface area contributed by atoms with Crippen molar-refractivity contribution < 1.29 is 58.2 Å². The van der Waals surface area contributed by atoms with Crippen LogP contribution in [0.4, 0.5) is 4.39 Å². The van der Waals surface area contributed by atoms with Crippen LogP contribution in [0.2, 0.25) is 0 Å². The predicted molar refractivity (Wildman–Crippen MR) is 132 cm³/mol. The normalized spacial score (nSPS) is 48.5. The molecule has 0 bridgehead atoms. The fraction of sp³-hybridized carbons (Fsp3) is 0.857. The number of carboxylic acid groups (broad SMARTS) is 1. The van der Waals surface area contributed by atoms with Crippen LogP contribution in [-0.4, -0.2) is 93.0 Å². The highest BCUT2D eigenvalue weighted by atomic mass is 19.1. The second kappa shape index (κ2) is 10.7. The number of ether oxygens (including phenoxy) is 3. The lowest BCUT2D eigenvalue weighted by atomic mass is 9.47. The van der Waals surface area contributed by atoms with Gasteiger partial charge in [-0.25, -0.2) is 9.18 Å². The summed E-state index contributed by atoms with van der Waals surface area (Å²) in [6.45, 7) is 2.80. The summed E-state index contributed by atoms with van der Waals surface area (Å²) in [6.07, 6.45) is -5.68. The molecule has 40 heavy (non-hydrogen) atoms. The van der Waals surface area contributed by atoms with Crippen LogP contribution in [0.25, 0.3) is 0 Å². The zero-order valence-electron chi connectivity index (χ0n) is 22.7. The highest BCUT2D eigenvalue weighted by molar-refractivity contribution is 5.92. The fourth-order valence-corrected chi connectivity index (χ4v) is 8.82. The molecule has 13 atom stereocenters. The first-order valence-electron chi connectivity index (χ1n) is 14.2. The lowest BCUT2D eigenvalue weighted by molar-refractivity contribution is -0.308. The number of hydrogen-bond acceptors (Lipinski definition) is 10. The van der Waals surface area contributed by atoms with E-state index >= 15 is 4.39 Å². The van der Waals surface area contributed by atoms with E-state index in [4.69, 9.17) is 14.2 Å². The number of aliphatic hydroxyl groups excluding tert-OH is 3. The summed E-state index contributed by atoms with van der Waals surface area (Å²) in [7, 11) is 0. The monoisotopic (exact) mass is 570 g/mol. The number of esters is 1. The van der Waals surface area contributed by atoms with Crippen LogP contribution in [0.1, 0.15) is 65.2 Å². The average molecular weight is 571 g/mol. The number of carboxylic acids is 1. The van der Waals surface area contributed by atoms with Gasteiger partial charge in [-0.3, -0.25) is 14.4 Å². The van der Waals surface area contributed by atoms with Crippen LogP contribution in [0.5, 0.6) is 0 Å². The van der Waals surface area contributed by atoms with Crippen molar-refractivity contribution in [1.29, 1.82) is 0 Å². The van der Waals surface area contributed by atoms with E-state index in [2.05, 4.69) is 0 Å². The molecular formula is C28H39FO11. The van der Waals surface area contributed by atoms with Gasteiger partial charge in [0.1, 0.15) is 24.9 Å². The van der Waals surface area contributed by atoms with Gasteiger partial charge in [-0.05, 0) is 62.2 Å². The van der Waals surface area contributed by atoms with Crippen molar-refractivity contribution in [3.05, 3.63) is 0 Å². The molecule has 5 fully saturated rings. The van der Waals surface area contributed by atoms with Crippen LogP contribution in [0.15, 0.2) is 0 Å². The van der Waals surface area contributed by atoms with E-state index in [0.29, 0.717) is 44.9 Å². The van der Waals surface area contributed by atoms with Crippen LogP contribution >= 0.6 is 0 Å². The van der Waals surface area contributed by atoms with Crippen LogP contribution in [0.3, 0.4) is 0 Å². The molecule has 1 saturated heterocycles. The molecule has 0 aromatic rings. The molecule has 4 saturated carbocycles. The van der Waals surface area contributed by atoms with Crippen molar-refractivity contribution in [3.63, 3.8) is 0 Å². The summed E-state index contributed by atoms with van der Waals surface area (Å²) in [6, 6.07) is 0. The lowest BCUT2D eigenvalue weighted by Gasteiger charge is -2.58. The molecule has 11 nitrogen and oxygen atoms in total. The number of aliphatic hydroxyl groups is 3. The van der Waals surface area contributed by atoms with Gasteiger partial charge < -0.3 is 34.6 Å². The SMILES string of the molecule is CC(=O)OCC(=O)[C@H]1CC[C@H]2[C@@H]3CC[C@H]4C[C@H](OC5O[C@H](C(=O)O)[C@@H](O)[C@H](O)[C@H]5O)CC[C@@H]4[C@@]3(F)C(=O)C[C@]12C. The first-order chi connectivity index (χ1) is 18.8. The molecule has 5 rings (SSSR count). The Bertz CT molecular complexity index is 1050. The maximum Gasteiger partial charge on any atom is 0.335 e. The van der Waals surface area contributed by atoms with E-state index in [-0.39, 0.29) is 30.6 Å². The topological polar surface area (TPSA) is 177 Å². The summed E-state index contributed by atoms with van der Waals surface area (Å²) in [5.74, 6) is -4.53. The first-order valence-corrected chi connectivity index (χ1v) is 14.2. The molecule has 0 aromatic heterocycles. The third-order valence-electron chi connectivity index (χ3n) is 10.7. The Morgan fingerprint density at radius 3 is 2.33 bits per heavy atom. The number of Topliss-reactive ketones (excluding diaryl/α,β-unsaturated/α-hetero) is 2.